The Morgan fingerprint density at radius 3 is 2.38 bits per heavy atom. The number of carbonyl (C=O) groups is 1. The van der Waals surface area contributed by atoms with Crippen LogP contribution in [-0.4, -0.2) is 17.5 Å². The van der Waals surface area contributed by atoms with Crippen LogP contribution in [0.5, 0.6) is 5.75 Å². The third kappa shape index (κ3) is 4.74. The van der Waals surface area contributed by atoms with E-state index in [9.17, 15) is 4.79 Å². The van der Waals surface area contributed by atoms with E-state index in [2.05, 4.69) is 15.6 Å². The van der Waals surface area contributed by atoms with Crippen LogP contribution in [0.15, 0.2) is 67.0 Å². The van der Waals surface area contributed by atoms with Gasteiger partial charge in [-0.25, -0.2) is 0 Å². The minimum absolute atomic E-state index is 0.241. The lowest BCUT2D eigenvalue weighted by Gasteiger charge is -2.10. The fourth-order valence-electron chi connectivity index (χ4n) is 2.34. The number of aromatic nitrogens is 1. The molecule has 3 rings (SSSR count). The molecule has 1 heterocycles. The van der Waals surface area contributed by atoms with Crippen molar-refractivity contribution in [2.75, 3.05) is 17.2 Å². The quantitative estimate of drug-likeness (QED) is 0.634. The molecule has 0 bridgehead atoms. The number of pyridine rings is 1. The maximum Gasteiger partial charge on any atom is 0.257 e. The molecule has 1 aromatic heterocycles. The van der Waals surface area contributed by atoms with E-state index in [1.54, 1.807) is 36.5 Å². The number of nitrogens with zero attached hydrogens (tertiary/aromatic N) is 1. The van der Waals surface area contributed by atoms with Gasteiger partial charge in [0, 0.05) is 22.6 Å². The SMILES string of the molecule is CCOc1ccc(Nc2cncc(C(=O)Nc3ccc(Cl)cc3)c2)cc1. The topological polar surface area (TPSA) is 63.2 Å². The predicted octanol–water partition coefficient (Wildman–Crippen LogP) is 5.13. The Bertz CT molecular complexity index is 880. The Morgan fingerprint density at radius 1 is 1.00 bits per heavy atom. The van der Waals surface area contributed by atoms with Crippen LogP contribution in [0.4, 0.5) is 17.1 Å². The second-order valence-electron chi connectivity index (χ2n) is 5.51. The first-order chi connectivity index (χ1) is 12.6. The highest BCUT2D eigenvalue weighted by molar-refractivity contribution is 6.30. The van der Waals surface area contributed by atoms with E-state index in [-0.39, 0.29) is 5.91 Å². The average Bonchev–Trinajstić information content (AvgIpc) is 2.66. The fraction of sp³-hybridized carbons (Fsp3) is 0.100. The summed E-state index contributed by atoms with van der Waals surface area (Å²) in [7, 11) is 0. The van der Waals surface area contributed by atoms with E-state index in [0.717, 1.165) is 17.1 Å². The Balaban J connectivity index is 1.69. The molecule has 0 saturated carbocycles. The van der Waals surface area contributed by atoms with Crippen LogP contribution >= 0.6 is 11.6 Å². The van der Waals surface area contributed by atoms with Crippen molar-refractivity contribution in [1.29, 1.82) is 0 Å². The molecule has 2 N–H and O–H groups in total. The van der Waals surface area contributed by atoms with Gasteiger partial charge in [-0.05, 0) is 61.5 Å². The third-order valence-corrected chi connectivity index (χ3v) is 3.81. The molecule has 132 valence electrons. The lowest BCUT2D eigenvalue weighted by molar-refractivity contribution is 0.102. The minimum atomic E-state index is -0.241. The Morgan fingerprint density at radius 2 is 1.69 bits per heavy atom. The van der Waals surface area contributed by atoms with Crippen LogP contribution in [0.3, 0.4) is 0 Å². The van der Waals surface area contributed by atoms with E-state index >= 15 is 0 Å². The van der Waals surface area contributed by atoms with E-state index < -0.39 is 0 Å². The van der Waals surface area contributed by atoms with Crippen LogP contribution in [0.1, 0.15) is 17.3 Å². The van der Waals surface area contributed by atoms with Gasteiger partial charge in [-0.3, -0.25) is 9.78 Å². The van der Waals surface area contributed by atoms with Crippen molar-refractivity contribution in [3.63, 3.8) is 0 Å². The van der Waals surface area contributed by atoms with Crippen molar-refractivity contribution in [1.82, 2.24) is 4.98 Å². The van der Waals surface area contributed by atoms with E-state index in [4.69, 9.17) is 16.3 Å². The number of benzene rings is 2. The van der Waals surface area contributed by atoms with E-state index in [1.807, 2.05) is 31.2 Å². The standard InChI is InChI=1S/C20H18ClN3O2/c1-2-26-19-9-7-16(8-10-19)23-18-11-14(12-22-13-18)20(25)24-17-5-3-15(21)4-6-17/h3-13,23H,2H2,1H3,(H,24,25). The van der Waals surface area contributed by atoms with Gasteiger partial charge < -0.3 is 15.4 Å². The Hall–Kier alpha value is -3.05. The fourth-order valence-corrected chi connectivity index (χ4v) is 2.46. The van der Waals surface area contributed by atoms with Gasteiger partial charge in [0.25, 0.3) is 5.91 Å². The van der Waals surface area contributed by atoms with Crippen LogP contribution in [-0.2, 0) is 0 Å². The second kappa shape index (κ2) is 8.36. The van der Waals surface area contributed by atoms with Crippen molar-refractivity contribution in [3.8, 4) is 5.75 Å². The highest BCUT2D eigenvalue weighted by Crippen LogP contribution is 2.21. The summed E-state index contributed by atoms with van der Waals surface area (Å²) in [6, 6.07) is 16.3. The van der Waals surface area contributed by atoms with Gasteiger partial charge in [0.2, 0.25) is 0 Å². The summed E-state index contributed by atoms with van der Waals surface area (Å²) < 4.78 is 5.42. The average molecular weight is 368 g/mol. The molecule has 0 unspecified atom stereocenters. The van der Waals surface area contributed by atoms with Gasteiger partial charge in [0.1, 0.15) is 5.75 Å². The largest absolute Gasteiger partial charge is 0.494 e. The van der Waals surface area contributed by atoms with Gasteiger partial charge in [-0.2, -0.15) is 0 Å². The van der Waals surface area contributed by atoms with Crippen LogP contribution in [0.2, 0.25) is 5.02 Å². The van der Waals surface area contributed by atoms with Gasteiger partial charge in [-0.1, -0.05) is 11.6 Å². The molecule has 0 radical (unpaired) electrons. The molecular weight excluding hydrogens is 350 g/mol. The highest BCUT2D eigenvalue weighted by Gasteiger charge is 2.08. The smallest absolute Gasteiger partial charge is 0.257 e. The van der Waals surface area contributed by atoms with Crippen molar-refractivity contribution in [3.05, 3.63) is 77.6 Å². The zero-order valence-corrected chi connectivity index (χ0v) is 15.0. The summed E-state index contributed by atoms with van der Waals surface area (Å²) in [5, 5.41) is 6.66. The third-order valence-electron chi connectivity index (χ3n) is 3.56. The first kappa shape index (κ1) is 17.8. The Labute approximate surface area is 157 Å². The number of amides is 1. The molecule has 0 saturated heterocycles. The van der Waals surface area contributed by atoms with Gasteiger partial charge >= 0.3 is 0 Å². The monoisotopic (exact) mass is 367 g/mol. The summed E-state index contributed by atoms with van der Waals surface area (Å²) in [6.45, 7) is 2.57. The first-order valence-corrected chi connectivity index (χ1v) is 8.53. The lowest BCUT2D eigenvalue weighted by Crippen LogP contribution is -2.12. The summed E-state index contributed by atoms with van der Waals surface area (Å²) in [4.78, 5) is 16.5. The molecule has 3 aromatic rings. The molecule has 5 nitrogen and oxygen atoms in total. The number of anilines is 3. The van der Waals surface area contributed by atoms with Gasteiger partial charge in [0.05, 0.1) is 24.1 Å². The molecule has 0 atom stereocenters. The molecule has 2 aromatic carbocycles. The maximum absolute atomic E-state index is 12.4. The number of carbonyl (C=O) groups excluding carboxylic acids is 1. The van der Waals surface area contributed by atoms with E-state index in [1.165, 1.54) is 6.20 Å². The molecule has 0 fully saturated rings. The number of ether oxygens (including phenoxy) is 1. The molecule has 26 heavy (non-hydrogen) atoms. The lowest BCUT2D eigenvalue weighted by atomic mass is 10.2. The first-order valence-electron chi connectivity index (χ1n) is 8.16. The molecule has 0 aliphatic heterocycles. The zero-order valence-electron chi connectivity index (χ0n) is 14.2. The number of hydrogen-bond donors (Lipinski definition) is 2. The summed E-state index contributed by atoms with van der Waals surface area (Å²) >= 11 is 5.85. The summed E-state index contributed by atoms with van der Waals surface area (Å²) in [6.07, 6.45) is 3.18. The second-order valence-corrected chi connectivity index (χ2v) is 5.94. The summed E-state index contributed by atoms with van der Waals surface area (Å²) in [5.41, 5.74) is 2.73. The van der Waals surface area contributed by atoms with Crippen LogP contribution in [0.25, 0.3) is 0 Å². The van der Waals surface area contributed by atoms with Crippen LogP contribution in [0, 0.1) is 0 Å². The number of halogens is 1. The molecule has 6 heteroatoms. The van der Waals surface area contributed by atoms with Crippen molar-refractivity contribution in [2.24, 2.45) is 0 Å². The molecule has 0 spiro atoms. The van der Waals surface area contributed by atoms with Crippen LogP contribution < -0.4 is 15.4 Å². The van der Waals surface area contributed by atoms with Crippen molar-refractivity contribution in [2.45, 2.75) is 6.92 Å². The zero-order chi connectivity index (χ0) is 18.4. The predicted molar refractivity (Wildman–Crippen MR) is 105 cm³/mol. The molecule has 0 aliphatic carbocycles. The molecular formula is C20H18ClN3O2. The van der Waals surface area contributed by atoms with Crippen molar-refractivity contribution < 1.29 is 9.53 Å². The van der Waals surface area contributed by atoms with E-state index in [0.29, 0.717) is 22.9 Å². The molecule has 1 amide bonds. The maximum atomic E-state index is 12.4. The number of hydrogen-bond acceptors (Lipinski definition) is 4. The number of rotatable bonds is 6. The number of nitrogens with one attached hydrogen (secondary N) is 2. The summed E-state index contributed by atoms with van der Waals surface area (Å²) in [5.74, 6) is 0.572. The Kier molecular flexibility index (Phi) is 5.71. The molecule has 0 aliphatic rings. The van der Waals surface area contributed by atoms with Gasteiger partial charge in [-0.15, -0.1) is 0 Å². The van der Waals surface area contributed by atoms with Crippen molar-refractivity contribution >= 4 is 34.6 Å². The minimum Gasteiger partial charge on any atom is -0.494 e. The van der Waals surface area contributed by atoms with Gasteiger partial charge in [0.15, 0.2) is 0 Å². The normalized spacial score (nSPS) is 10.2. The highest BCUT2D eigenvalue weighted by atomic mass is 35.5.